The van der Waals surface area contributed by atoms with Gasteiger partial charge in [-0.05, 0) is 59.8 Å². The number of imidazole rings is 1. The molecule has 14 heteroatoms. The Balaban J connectivity index is 1.19. The third-order valence-electron chi connectivity index (χ3n) is 7.13. The summed E-state index contributed by atoms with van der Waals surface area (Å²) in [5.74, 6) is 1.00. The van der Waals surface area contributed by atoms with Crippen LogP contribution < -0.4 is 15.8 Å². The van der Waals surface area contributed by atoms with Crippen LogP contribution in [0.3, 0.4) is 0 Å². The number of halogens is 1. The number of likely N-dealkylation sites (N-methyl/N-ethyl adjacent to an activating group) is 1. The van der Waals surface area contributed by atoms with Gasteiger partial charge in [0.1, 0.15) is 11.3 Å². The molecule has 0 unspecified atom stereocenters. The first kappa shape index (κ1) is 28.3. The van der Waals surface area contributed by atoms with Gasteiger partial charge in [-0.25, -0.2) is 14.6 Å². The van der Waals surface area contributed by atoms with Crippen LogP contribution >= 0.6 is 15.9 Å². The minimum Gasteiger partial charge on any atom is -0.439 e. The van der Waals surface area contributed by atoms with E-state index in [4.69, 9.17) is 15.1 Å². The van der Waals surface area contributed by atoms with E-state index in [-0.39, 0.29) is 30.6 Å². The van der Waals surface area contributed by atoms with Crippen molar-refractivity contribution < 1.29 is 19.0 Å². The highest BCUT2D eigenvalue weighted by molar-refractivity contribution is 9.10. The summed E-state index contributed by atoms with van der Waals surface area (Å²) in [5.41, 5.74) is 8.76. The third kappa shape index (κ3) is 6.20. The fraction of sp³-hybridized carbons (Fsp3) is 0.241. The number of nitrogen functional groups attached to an aromatic ring is 1. The van der Waals surface area contributed by atoms with E-state index in [9.17, 15) is 9.59 Å². The molecular formula is C29H28BrN9O4. The van der Waals surface area contributed by atoms with Crippen LogP contribution in [0.1, 0.15) is 16.8 Å². The largest absolute Gasteiger partial charge is 0.439 e. The van der Waals surface area contributed by atoms with E-state index in [0.29, 0.717) is 52.8 Å². The molecule has 3 aromatic heterocycles. The Bertz CT molecular complexity index is 1780. The molecule has 4 heterocycles. The van der Waals surface area contributed by atoms with E-state index in [1.807, 2.05) is 40.8 Å². The molecule has 1 aliphatic heterocycles. The second-order valence-corrected chi connectivity index (χ2v) is 11.0. The molecule has 220 valence electrons. The highest BCUT2D eigenvalue weighted by atomic mass is 79.9. The average molecular weight is 647 g/mol. The lowest BCUT2D eigenvalue weighted by molar-refractivity contribution is -0.132. The molecule has 0 bridgehead atoms. The Hall–Kier alpha value is -4.82. The van der Waals surface area contributed by atoms with Gasteiger partial charge in [-0.15, -0.1) is 0 Å². The number of aromatic nitrogens is 5. The number of nitrogens with zero attached hydrogens (tertiary/aromatic N) is 7. The average Bonchev–Trinajstić information content (AvgIpc) is 3.60. The van der Waals surface area contributed by atoms with Crippen molar-refractivity contribution >= 4 is 44.6 Å². The van der Waals surface area contributed by atoms with Crippen molar-refractivity contribution in [2.75, 3.05) is 45.5 Å². The van der Waals surface area contributed by atoms with E-state index < -0.39 is 0 Å². The predicted octanol–water partition coefficient (Wildman–Crippen LogP) is 3.50. The Labute approximate surface area is 254 Å². The molecule has 3 N–H and O–H groups in total. The van der Waals surface area contributed by atoms with Crippen molar-refractivity contribution in [1.82, 2.24) is 40.0 Å². The number of fused-ring (bicyclic) bond motifs is 1. The van der Waals surface area contributed by atoms with Crippen molar-refractivity contribution in [3.63, 3.8) is 0 Å². The Morgan fingerprint density at radius 1 is 1.07 bits per heavy atom. The van der Waals surface area contributed by atoms with Crippen LogP contribution in [0.5, 0.6) is 11.6 Å². The van der Waals surface area contributed by atoms with Gasteiger partial charge in [-0.3, -0.25) is 14.2 Å². The highest BCUT2D eigenvalue weighted by Crippen LogP contribution is 2.32. The molecule has 2 aromatic carbocycles. The highest BCUT2D eigenvalue weighted by Gasteiger charge is 2.22. The number of hydrogen-bond acceptors (Lipinski definition) is 10. The van der Waals surface area contributed by atoms with Gasteiger partial charge in [0.25, 0.3) is 5.91 Å². The molecule has 0 radical (unpaired) electrons. The summed E-state index contributed by atoms with van der Waals surface area (Å²) >= 11 is 3.47. The van der Waals surface area contributed by atoms with Gasteiger partial charge in [0.2, 0.25) is 11.8 Å². The van der Waals surface area contributed by atoms with E-state index in [0.717, 1.165) is 23.2 Å². The Kier molecular flexibility index (Phi) is 8.03. The number of piperazine rings is 1. The van der Waals surface area contributed by atoms with Crippen LogP contribution in [0.15, 0.2) is 69.9 Å². The fourth-order valence-electron chi connectivity index (χ4n) is 4.80. The maximum Gasteiger partial charge on any atom is 0.251 e. The van der Waals surface area contributed by atoms with Crippen LogP contribution in [-0.4, -0.2) is 86.2 Å². The van der Waals surface area contributed by atoms with Gasteiger partial charge in [0.05, 0.1) is 11.7 Å². The summed E-state index contributed by atoms with van der Waals surface area (Å²) in [6.07, 6.45) is 1.83. The fourth-order valence-corrected chi connectivity index (χ4v) is 5.06. The number of hydrogen-bond donors (Lipinski definition) is 2. The predicted molar refractivity (Wildman–Crippen MR) is 162 cm³/mol. The first-order valence-electron chi connectivity index (χ1n) is 13.6. The van der Waals surface area contributed by atoms with Crippen LogP contribution in [0, 0.1) is 0 Å². The molecule has 0 saturated carbocycles. The van der Waals surface area contributed by atoms with Crippen molar-refractivity contribution in [3.8, 4) is 28.8 Å². The molecule has 2 amide bonds. The molecule has 0 spiro atoms. The van der Waals surface area contributed by atoms with Gasteiger partial charge in [0, 0.05) is 60.9 Å². The Morgan fingerprint density at radius 3 is 2.60 bits per heavy atom. The number of benzene rings is 2. The number of anilines is 1. The zero-order valence-corrected chi connectivity index (χ0v) is 24.8. The van der Waals surface area contributed by atoms with Crippen LogP contribution in [0.25, 0.3) is 28.2 Å². The molecule has 13 nitrogen and oxygen atoms in total. The number of ether oxygens (including phenoxy) is 1. The molecular weight excluding hydrogens is 618 g/mol. The number of nitrogens with two attached hydrogens (primary N) is 1. The van der Waals surface area contributed by atoms with E-state index in [2.05, 4.69) is 46.4 Å². The van der Waals surface area contributed by atoms with Gasteiger partial charge < -0.3 is 25.6 Å². The standard InChI is InChI=1S/C29H28BrN9O4/c1-37-11-13-38(14-12-37)25(40)9-10-32-29(41)18-3-2-4-21(15-18)42-24-16-23-22(17-33-24)34-28(26-27(31)36-43-35-26)39(23)20-7-5-19(30)6-8-20/h2-8,15-17H,9-14H2,1H3,(H2,31,36)(H,32,41). The first-order valence-corrected chi connectivity index (χ1v) is 14.4. The minimum absolute atomic E-state index is 0.0417. The van der Waals surface area contributed by atoms with Crippen LogP contribution in [0.4, 0.5) is 5.82 Å². The van der Waals surface area contributed by atoms with Gasteiger partial charge >= 0.3 is 0 Å². The van der Waals surface area contributed by atoms with Crippen molar-refractivity contribution in [2.24, 2.45) is 0 Å². The van der Waals surface area contributed by atoms with E-state index in [1.54, 1.807) is 36.5 Å². The third-order valence-corrected chi connectivity index (χ3v) is 7.65. The summed E-state index contributed by atoms with van der Waals surface area (Å²) < 4.78 is 13.7. The van der Waals surface area contributed by atoms with E-state index in [1.165, 1.54) is 0 Å². The lowest BCUT2D eigenvalue weighted by Gasteiger charge is -2.32. The van der Waals surface area contributed by atoms with Crippen molar-refractivity contribution in [2.45, 2.75) is 6.42 Å². The Morgan fingerprint density at radius 2 is 1.86 bits per heavy atom. The van der Waals surface area contributed by atoms with Crippen molar-refractivity contribution in [3.05, 3.63) is 70.8 Å². The van der Waals surface area contributed by atoms with Crippen LogP contribution in [-0.2, 0) is 4.79 Å². The molecule has 1 fully saturated rings. The lowest BCUT2D eigenvalue weighted by Crippen LogP contribution is -2.47. The summed E-state index contributed by atoms with van der Waals surface area (Å²) in [6, 6.07) is 16.2. The number of amides is 2. The molecule has 6 rings (SSSR count). The van der Waals surface area contributed by atoms with Gasteiger partial charge in [-0.1, -0.05) is 22.0 Å². The molecule has 0 atom stereocenters. The molecule has 1 aliphatic rings. The van der Waals surface area contributed by atoms with Gasteiger partial charge in [-0.2, -0.15) is 0 Å². The maximum absolute atomic E-state index is 12.8. The number of carbonyl (C=O) groups is 2. The summed E-state index contributed by atoms with van der Waals surface area (Å²) in [7, 11) is 2.04. The monoisotopic (exact) mass is 645 g/mol. The molecule has 0 aliphatic carbocycles. The number of pyridine rings is 1. The minimum atomic E-state index is -0.295. The summed E-state index contributed by atoms with van der Waals surface area (Å²) in [4.78, 5) is 38.5. The van der Waals surface area contributed by atoms with Crippen molar-refractivity contribution in [1.29, 1.82) is 0 Å². The zero-order chi connectivity index (χ0) is 29.9. The number of carbonyl (C=O) groups excluding carboxylic acids is 2. The SMILES string of the molecule is CN1CCN(C(=O)CCNC(=O)c2cccc(Oc3cc4c(cn3)nc(-c3nonc3N)n4-c3ccc(Br)cc3)c2)CC1. The molecule has 1 saturated heterocycles. The molecule has 43 heavy (non-hydrogen) atoms. The summed E-state index contributed by atoms with van der Waals surface area (Å²) in [6.45, 7) is 3.38. The second-order valence-electron chi connectivity index (χ2n) is 10.1. The second kappa shape index (κ2) is 12.2. The lowest BCUT2D eigenvalue weighted by atomic mass is 10.2. The quantitative estimate of drug-likeness (QED) is 0.256. The smallest absolute Gasteiger partial charge is 0.251 e. The maximum atomic E-state index is 12.8. The molecule has 5 aromatic rings. The van der Waals surface area contributed by atoms with Gasteiger partial charge in [0.15, 0.2) is 17.3 Å². The number of nitrogens with one attached hydrogen (secondary N) is 1. The normalized spacial score (nSPS) is 13.8. The number of rotatable bonds is 8. The zero-order valence-electron chi connectivity index (χ0n) is 23.2. The van der Waals surface area contributed by atoms with Crippen LogP contribution in [0.2, 0.25) is 0 Å². The topological polar surface area (TPSA) is 158 Å². The summed E-state index contributed by atoms with van der Waals surface area (Å²) in [5, 5.41) is 10.5. The first-order chi connectivity index (χ1) is 20.9. The van der Waals surface area contributed by atoms with E-state index >= 15 is 0 Å².